The third-order valence-corrected chi connectivity index (χ3v) is 2.12. The van der Waals surface area contributed by atoms with Crippen LogP contribution in [0.2, 0.25) is 0 Å². The lowest BCUT2D eigenvalue weighted by molar-refractivity contribution is 0.266. The van der Waals surface area contributed by atoms with Gasteiger partial charge in [-0.3, -0.25) is 0 Å². The number of rotatable bonds is 3. The molecule has 0 spiro atoms. The molecule has 0 fully saturated rings. The van der Waals surface area contributed by atoms with Crippen LogP contribution in [0.3, 0.4) is 0 Å². The normalized spacial score (nSPS) is 12.9. The summed E-state index contributed by atoms with van der Waals surface area (Å²) in [5.74, 6) is 0. The van der Waals surface area contributed by atoms with Crippen LogP contribution in [0.15, 0.2) is 18.2 Å². The molecule has 3 nitrogen and oxygen atoms in total. The van der Waals surface area contributed by atoms with E-state index < -0.39 is 0 Å². The Morgan fingerprint density at radius 1 is 1.38 bits per heavy atom. The summed E-state index contributed by atoms with van der Waals surface area (Å²) in [5.41, 5.74) is 8.45. The van der Waals surface area contributed by atoms with Crippen molar-refractivity contribution in [1.82, 2.24) is 0 Å². The van der Waals surface area contributed by atoms with E-state index in [1.165, 1.54) is 0 Å². The molecule has 0 radical (unpaired) electrons. The van der Waals surface area contributed by atoms with Crippen LogP contribution in [0.4, 0.5) is 0 Å². The minimum Gasteiger partial charge on any atom is -0.394 e. The van der Waals surface area contributed by atoms with Gasteiger partial charge in [0.15, 0.2) is 0 Å². The van der Waals surface area contributed by atoms with E-state index in [-0.39, 0.29) is 19.3 Å². The van der Waals surface area contributed by atoms with Crippen molar-refractivity contribution < 1.29 is 10.2 Å². The van der Waals surface area contributed by atoms with Crippen molar-refractivity contribution >= 4 is 0 Å². The molecular weight excluding hydrogens is 166 g/mol. The molecule has 0 saturated heterocycles. The van der Waals surface area contributed by atoms with E-state index in [0.29, 0.717) is 0 Å². The van der Waals surface area contributed by atoms with E-state index in [0.717, 1.165) is 16.7 Å². The van der Waals surface area contributed by atoms with E-state index in [1.54, 1.807) is 0 Å². The monoisotopic (exact) mass is 181 g/mol. The summed E-state index contributed by atoms with van der Waals surface area (Å²) < 4.78 is 0. The Morgan fingerprint density at radius 3 is 2.62 bits per heavy atom. The molecule has 0 aliphatic carbocycles. The zero-order valence-corrected chi connectivity index (χ0v) is 7.70. The van der Waals surface area contributed by atoms with Gasteiger partial charge >= 0.3 is 0 Å². The lowest BCUT2D eigenvalue weighted by Gasteiger charge is -2.12. The van der Waals surface area contributed by atoms with E-state index in [4.69, 9.17) is 15.9 Å². The van der Waals surface area contributed by atoms with Gasteiger partial charge in [0, 0.05) is 0 Å². The van der Waals surface area contributed by atoms with Gasteiger partial charge in [-0.25, -0.2) is 0 Å². The van der Waals surface area contributed by atoms with Gasteiger partial charge in [-0.2, -0.15) is 0 Å². The first-order chi connectivity index (χ1) is 6.19. The molecule has 0 aromatic heterocycles. The lowest BCUT2D eigenvalue weighted by Crippen LogP contribution is -2.16. The second kappa shape index (κ2) is 4.37. The van der Waals surface area contributed by atoms with Gasteiger partial charge in [0.05, 0.1) is 19.3 Å². The van der Waals surface area contributed by atoms with Crippen molar-refractivity contribution in [3.05, 3.63) is 34.9 Å². The van der Waals surface area contributed by atoms with E-state index in [9.17, 15) is 0 Å². The molecule has 72 valence electrons. The van der Waals surface area contributed by atoms with Gasteiger partial charge in [0.2, 0.25) is 0 Å². The maximum absolute atomic E-state index is 8.90. The maximum atomic E-state index is 8.90. The topological polar surface area (TPSA) is 66.5 Å². The van der Waals surface area contributed by atoms with Gasteiger partial charge in [0.1, 0.15) is 0 Å². The molecule has 0 saturated carbocycles. The molecular formula is C10H15NO2. The quantitative estimate of drug-likeness (QED) is 0.635. The number of aliphatic hydroxyl groups is 2. The molecule has 4 N–H and O–H groups in total. The van der Waals surface area contributed by atoms with Gasteiger partial charge in [0.25, 0.3) is 0 Å². The molecule has 0 amide bonds. The fourth-order valence-corrected chi connectivity index (χ4v) is 1.29. The number of benzene rings is 1. The van der Waals surface area contributed by atoms with Crippen molar-refractivity contribution in [3.63, 3.8) is 0 Å². The first kappa shape index (κ1) is 10.2. The molecule has 1 atom stereocenters. The molecule has 1 aromatic carbocycles. The highest BCUT2D eigenvalue weighted by molar-refractivity contribution is 5.33. The maximum Gasteiger partial charge on any atom is 0.0681 e. The van der Waals surface area contributed by atoms with Gasteiger partial charge in [-0.15, -0.1) is 0 Å². The zero-order valence-electron chi connectivity index (χ0n) is 7.70. The number of aliphatic hydroxyl groups excluding tert-OH is 2. The summed E-state index contributed by atoms with van der Waals surface area (Å²) in [5, 5.41) is 17.8. The number of aryl methyl sites for hydroxylation is 1. The third kappa shape index (κ3) is 2.28. The molecule has 0 aliphatic heterocycles. The average molecular weight is 181 g/mol. The molecule has 1 rings (SSSR count). The summed E-state index contributed by atoms with van der Waals surface area (Å²) in [6.45, 7) is 1.87. The summed E-state index contributed by atoms with van der Waals surface area (Å²) >= 11 is 0. The average Bonchev–Trinajstić information content (AvgIpc) is 2.17. The minimum absolute atomic E-state index is 0.00539. The van der Waals surface area contributed by atoms with Crippen LogP contribution in [-0.2, 0) is 6.61 Å². The number of hydrogen-bond acceptors (Lipinski definition) is 3. The standard InChI is InChI=1S/C10H15NO2/c1-7-2-3-8(5-12)4-9(7)10(11)6-13/h2-4,10,12-13H,5-6,11H2,1H3. The second-order valence-corrected chi connectivity index (χ2v) is 3.14. The van der Waals surface area contributed by atoms with Crippen LogP contribution in [0.25, 0.3) is 0 Å². The van der Waals surface area contributed by atoms with Crippen LogP contribution in [0.1, 0.15) is 22.7 Å². The summed E-state index contributed by atoms with van der Waals surface area (Å²) in [7, 11) is 0. The van der Waals surface area contributed by atoms with E-state index in [1.807, 2.05) is 25.1 Å². The van der Waals surface area contributed by atoms with Crippen molar-refractivity contribution in [2.75, 3.05) is 6.61 Å². The van der Waals surface area contributed by atoms with Crippen LogP contribution < -0.4 is 5.73 Å². The SMILES string of the molecule is Cc1ccc(CO)cc1C(N)CO. The second-order valence-electron chi connectivity index (χ2n) is 3.14. The third-order valence-electron chi connectivity index (χ3n) is 2.12. The zero-order chi connectivity index (χ0) is 9.84. The number of nitrogens with two attached hydrogens (primary N) is 1. The fraction of sp³-hybridized carbons (Fsp3) is 0.400. The predicted molar refractivity (Wildman–Crippen MR) is 51.1 cm³/mol. The molecule has 13 heavy (non-hydrogen) atoms. The van der Waals surface area contributed by atoms with Crippen molar-refractivity contribution in [2.45, 2.75) is 19.6 Å². The highest BCUT2D eigenvalue weighted by Gasteiger charge is 2.07. The Bertz CT molecular complexity index is 286. The molecule has 0 heterocycles. The summed E-state index contributed by atoms with van der Waals surface area (Å²) in [6.07, 6.45) is 0. The highest BCUT2D eigenvalue weighted by atomic mass is 16.3. The van der Waals surface area contributed by atoms with E-state index >= 15 is 0 Å². The van der Waals surface area contributed by atoms with Crippen molar-refractivity contribution in [1.29, 1.82) is 0 Å². The minimum atomic E-state index is -0.355. The summed E-state index contributed by atoms with van der Waals surface area (Å²) in [4.78, 5) is 0. The van der Waals surface area contributed by atoms with Crippen LogP contribution in [-0.4, -0.2) is 16.8 Å². The Balaban J connectivity index is 3.03. The molecule has 0 bridgehead atoms. The smallest absolute Gasteiger partial charge is 0.0681 e. The van der Waals surface area contributed by atoms with Crippen molar-refractivity contribution in [2.24, 2.45) is 5.73 Å². The van der Waals surface area contributed by atoms with Gasteiger partial charge < -0.3 is 15.9 Å². The Labute approximate surface area is 77.8 Å². The molecule has 1 unspecified atom stereocenters. The molecule has 3 heteroatoms. The first-order valence-electron chi connectivity index (χ1n) is 4.25. The molecule has 1 aromatic rings. The highest BCUT2D eigenvalue weighted by Crippen LogP contribution is 2.17. The van der Waals surface area contributed by atoms with Crippen molar-refractivity contribution in [3.8, 4) is 0 Å². The number of hydrogen-bond donors (Lipinski definition) is 3. The van der Waals surface area contributed by atoms with Gasteiger partial charge in [-0.05, 0) is 23.6 Å². The Hall–Kier alpha value is -0.900. The fourth-order valence-electron chi connectivity index (χ4n) is 1.29. The van der Waals surface area contributed by atoms with Crippen LogP contribution >= 0.6 is 0 Å². The summed E-state index contributed by atoms with van der Waals surface area (Å²) in [6, 6.07) is 5.22. The Morgan fingerprint density at radius 2 is 2.08 bits per heavy atom. The Kier molecular flexibility index (Phi) is 3.42. The largest absolute Gasteiger partial charge is 0.394 e. The van der Waals surface area contributed by atoms with Crippen LogP contribution in [0, 0.1) is 6.92 Å². The van der Waals surface area contributed by atoms with Gasteiger partial charge in [-0.1, -0.05) is 18.2 Å². The first-order valence-corrected chi connectivity index (χ1v) is 4.25. The molecule has 0 aliphatic rings. The van der Waals surface area contributed by atoms with E-state index in [2.05, 4.69) is 0 Å². The van der Waals surface area contributed by atoms with Crippen LogP contribution in [0.5, 0.6) is 0 Å². The predicted octanol–water partition coefficient (Wildman–Crippen LogP) is 0.479. The lowest BCUT2D eigenvalue weighted by atomic mass is 10.00.